The second-order valence-corrected chi connectivity index (χ2v) is 7.20. The molecule has 0 amide bonds. The van der Waals surface area contributed by atoms with Crippen LogP contribution in [0.3, 0.4) is 0 Å². The SMILES string of the molecule is Cc1cc([N+](=O)[O-])cc(S(=O)(=O)Nc2ccc(-n3cnnn3)cc2)c1C. The van der Waals surface area contributed by atoms with Crippen molar-refractivity contribution in [3.05, 3.63) is 64.0 Å². The predicted molar refractivity (Wildman–Crippen MR) is 92.5 cm³/mol. The van der Waals surface area contributed by atoms with Crippen molar-refractivity contribution < 1.29 is 13.3 Å². The van der Waals surface area contributed by atoms with Crippen LogP contribution in [0.1, 0.15) is 11.1 Å². The molecule has 0 atom stereocenters. The highest BCUT2D eigenvalue weighted by Crippen LogP contribution is 2.27. The number of nitro benzene ring substituents is 1. The van der Waals surface area contributed by atoms with Gasteiger partial charge in [-0.2, -0.15) is 0 Å². The van der Waals surface area contributed by atoms with Gasteiger partial charge in [0.15, 0.2) is 0 Å². The lowest BCUT2D eigenvalue weighted by molar-refractivity contribution is -0.385. The Labute approximate surface area is 148 Å². The van der Waals surface area contributed by atoms with Crippen LogP contribution in [-0.4, -0.2) is 33.5 Å². The predicted octanol–water partition coefficient (Wildman–Crippen LogP) is 1.99. The van der Waals surface area contributed by atoms with E-state index in [0.29, 0.717) is 22.5 Å². The minimum absolute atomic E-state index is 0.131. The standard InChI is InChI=1S/C15H14N6O4S/c1-10-7-14(21(22)23)8-15(11(10)2)26(24,25)17-12-3-5-13(6-4-12)20-9-16-18-19-20/h3-9,17H,1-2H3. The van der Waals surface area contributed by atoms with Gasteiger partial charge in [-0.25, -0.2) is 13.1 Å². The molecule has 1 N–H and O–H groups in total. The molecular weight excluding hydrogens is 360 g/mol. The Balaban J connectivity index is 1.93. The molecule has 11 heteroatoms. The summed E-state index contributed by atoms with van der Waals surface area (Å²) in [5.74, 6) is 0. The molecule has 0 bridgehead atoms. The molecule has 0 aliphatic heterocycles. The van der Waals surface area contributed by atoms with Crippen molar-refractivity contribution in [3.8, 4) is 5.69 Å². The number of non-ortho nitro benzene ring substituents is 1. The number of aromatic nitrogens is 4. The summed E-state index contributed by atoms with van der Waals surface area (Å²) in [4.78, 5) is 10.3. The molecule has 0 saturated heterocycles. The summed E-state index contributed by atoms with van der Waals surface area (Å²) < 4.78 is 29.2. The zero-order chi connectivity index (χ0) is 18.9. The monoisotopic (exact) mass is 374 g/mol. The Morgan fingerprint density at radius 3 is 2.42 bits per heavy atom. The first-order valence-electron chi connectivity index (χ1n) is 7.40. The summed E-state index contributed by atoms with van der Waals surface area (Å²) in [6, 6.07) is 8.77. The average Bonchev–Trinajstić information content (AvgIpc) is 3.11. The highest BCUT2D eigenvalue weighted by atomic mass is 32.2. The van der Waals surface area contributed by atoms with Gasteiger partial charge in [0.2, 0.25) is 0 Å². The number of hydrogen-bond acceptors (Lipinski definition) is 7. The first-order chi connectivity index (χ1) is 12.3. The van der Waals surface area contributed by atoms with Crippen LogP contribution >= 0.6 is 0 Å². The molecule has 0 radical (unpaired) electrons. The molecule has 0 unspecified atom stereocenters. The molecule has 3 aromatic rings. The fourth-order valence-electron chi connectivity index (χ4n) is 2.37. The molecule has 2 aromatic carbocycles. The quantitative estimate of drug-likeness (QED) is 0.533. The minimum Gasteiger partial charge on any atom is -0.280 e. The zero-order valence-corrected chi connectivity index (χ0v) is 14.6. The molecular formula is C15H14N6O4S. The third-order valence-corrected chi connectivity index (χ3v) is 5.35. The van der Waals surface area contributed by atoms with Crippen LogP contribution in [0.2, 0.25) is 0 Å². The van der Waals surface area contributed by atoms with Crippen LogP contribution in [-0.2, 0) is 10.0 Å². The van der Waals surface area contributed by atoms with Gasteiger partial charge in [0, 0.05) is 17.8 Å². The Morgan fingerprint density at radius 1 is 1.15 bits per heavy atom. The molecule has 0 saturated carbocycles. The Bertz CT molecular complexity index is 1060. The third-order valence-electron chi connectivity index (χ3n) is 3.84. The summed E-state index contributed by atoms with van der Waals surface area (Å²) in [5.41, 5.74) is 1.66. The Hall–Kier alpha value is -3.34. The van der Waals surface area contributed by atoms with Gasteiger partial charge >= 0.3 is 0 Å². The van der Waals surface area contributed by atoms with Crippen molar-refractivity contribution >= 4 is 21.4 Å². The maximum absolute atomic E-state index is 12.7. The van der Waals surface area contributed by atoms with Crippen molar-refractivity contribution in [3.63, 3.8) is 0 Å². The lowest BCUT2D eigenvalue weighted by Gasteiger charge is -2.12. The number of nitrogens with zero attached hydrogens (tertiary/aromatic N) is 5. The first kappa shape index (κ1) is 17.5. The van der Waals surface area contributed by atoms with Gasteiger partial charge in [0.1, 0.15) is 6.33 Å². The fourth-order valence-corrected chi connectivity index (χ4v) is 3.76. The molecule has 0 fully saturated rings. The summed E-state index contributed by atoms with van der Waals surface area (Å²) >= 11 is 0. The van der Waals surface area contributed by atoms with E-state index < -0.39 is 14.9 Å². The number of anilines is 1. The van der Waals surface area contributed by atoms with Crippen molar-refractivity contribution in [2.45, 2.75) is 18.7 Å². The smallest absolute Gasteiger partial charge is 0.271 e. The fraction of sp³-hybridized carbons (Fsp3) is 0.133. The molecule has 134 valence electrons. The van der Waals surface area contributed by atoms with E-state index in [4.69, 9.17) is 0 Å². The largest absolute Gasteiger partial charge is 0.280 e. The molecule has 0 aliphatic rings. The maximum Gasteiger partial charge on any atom is 0.271 e. The van der Waals surface area contributed by atoms with E-state index in [1.54, 1.807) is 38.1 Å². The number of hydrogen-bond donors (Lipinski definition) is 1. The lowest BCUT2D eigenvalue weighted by atomic mass is 10.1. The van der Waals surface area contributed by atoms with Crippen LogP contribution in [0.4, 0.5) is 11.4 Å². The Morgan fingerprint density at radius 2 is 1.85 bits per heavy atom. The van der Waals surface area contributed by atoms with Crippen LogP contribution in [0, 0.1) is 24.0 Å². The van der Waals surface area contributed by atoms with E-state index in [1.165, 1.54) is 17.1 Å². The summed E-state index contributed by atoms with van der Waals surface area (Å²) in [5, 5.41) is 21.8. The number of benzene rings is 2. The highest BCUT2D eigenvalue weighted by molar-refractivity contribution is 7.92. The lowest BCUT2D eigenvalue weighted by Crippen LogP contribution is -2.15. The van der Waals surface area contributed by atoms with Gasteiger partial charge in [-0.05, 0) is 59.7 Å². The van der Waals surface area contributed by atoms with Crippen molar-refractivity contribution in [1.82, 2.24) is 20.2 Å². The van der Waals surface area contributed by atoms with Crippen molar-refractivity contribution in [1.29, 1.82) is 0 Å². The number of aryl methyl sites for hydroxylation is 1. The molecule has 0 spiro atoms. The first-order valence-corrected chi connectivity index (χ1v) is 8.88. The molecule has 1 aromatic heterocycles. The van der Waals surface area contributed by atoms with Gasteiger partial charge in [-0.15, -0.1) is 5.10 Å². The zero-order valence-electron chi connectivity index (χ0n) is 13.8. The highest BCUT2D eigenvalue weighted by Gasteiger charge is 2.22. The number of tetrazole rings is 1. The molecule has 1 heterocycles. The van der Waals surface area contributed by atoms with E-state index in [0.717, 1.165) is 6.07 Å². The van der Waals surface area contributed by atoms with Gasteiger partial charge in [0.05, 0.1) is 15.5 Å². The molecule has 3 rings (SSSR count). The van der Waals surface area contributed by atoms with Crippen LogP contribution in [0.15, 0.2) is 47.6 Å². The number of nitrogens with one attached hydrogen (secondary N) is 1. The maximum atomic E-state index is 12.7. The van der Waals surface area contributed by atoms with Crippen LogP contribution < -0.4 is 4.72 Å². The third kappa shape index (κ3) is 3.37. The van der Waals surface area contributed by atoms with Crippen molar-refractivity contribution in [2.75, 3.05) is 4.72 Å². The van der Waals surface area contributed by atoms with E-state index in [-0.39, 0.29) is 10.6 Å². The molecule has 10 nitrogen and oxygen atoms in total. The number of nitro groups is 1. The summed E-state index contributed by atoms with van der Waals surface area (Å²) in [6.07, 6.45) is 1.41. The Kier molecular flexibility index (Phi) is 4.38. The van der Waals surface area contributed by atoms with E-state index in [2.05, 4.69) is 20.2 Å². The molecule has 26 heavy (non-hydrogen) atoms. The number of rotatable bonds is 5. The summed E-state index contributed by atoms with van der Waals surface area (Å²) in [7, 11) is -3.99. The van der Waals surface area contributed by atoms with Crippen molar-refractivity contribution in [2.24, 2.45) is 0 Å². The van der Waals surface area contributed by atoms with Crippen LogP contribution in [0.5, 0.6) is 0 Å². The average molecular weight is 374 g/mol. The van der Waals surface area contributed by atoms with Gasteiger partial charge in [0.25, 0.3) is 15.7 Å². The summed E-state index contributed by atoms with van der Waals surface area (Å²) in [6.45, 7) is 3.23. The molecule has 0 aliphatic carbocycles. The topological polar surface area (TPSA) is 133 Å². The second kappa shape index (κ2) is 6.52. The van der Waals surface area contributed by atoms with E-state index in [9.17, 15) is 18.5 Å². The van der Waals surface area contributed by atoms with Crippen LogP contribution in [0.25, 0.3) is 5.69 Å². The normalized spacial score (nSPS) is 11.3. The number of sulfonamides is 1. The van der Waals surface area contributed by atoms with Gasteiger partial charge in [-0.1, -0.05) is 0 Å². The van der Waals surface area contributed by atoms with E-state index >= 15 is 0 Å². The van der Waals surface area contributed by atoms with Gasteiger partial charge in [-0.3, -0.25) is 14.8 Å². The van der Waals surface area contributed by atoms with E-state index in [1.807, 2.05) is 0 Å². The second-order valence-electron chi connectivity index (χ2n) is 5.55. The van der Waals surface area contributed by atoms with Gasteiger partial charge < -0.3 is 0 Å². The minimum atomic E-state index is -3.99.